The van der Waals surface area contributed by atoms with Gasteiger partial charge in [0.15, 0.2) is 11.5 Å². The molecule has 0 atom stereocenters. The van der Waals surface area contributed by atoms with Crippen molar-refractivity contribution in [3.8, 4) is 11.5 Å². The number of carbonyl (C=O) groups is 2. The number of ether oxygens (including phenoxy) is 2. The molecule has 1 aromatic heterocycles. The van der Waals surface area contributed by atoms with Crippen LogP contribution in [0.1, 0.15) is 54.2 Å². The smallest absolute Gasteiger partial charge is 0.490 e. The van der Waals surface area contributed by atoms with Crippen LogP contribution in [0.15, 0.2) is 41.3 Å². The number of hydrogen-bond acceptors (Lipinski definition) is 6. The minimum Gasteiger partial charge on any atom is -0.493 e. The Kier molecular flexibility index (Phi) is 9.33. The predicted octanol–water partition coefficient (Wildman–Crippen LogP) is 4.79. The van der Waals surface area contributed by atoms with Gasteiger partial charge >= 0.3 is 12.1 Å². The zero-order valence-corrected chi connectivity index (χ0v) is 22.7. The zero-order valence-electron chi connectivity index (χ0n) is 22.7. The lowest BCUT2D eigenvalue weighted by Crippen LogP contribution is -2.37. The van der Waals surface area contributed by atoms with E-state index in [1.165, 1.54) is 12.7 Å². The molecule has 9 nitrogen and oxygen atoms in total. The molecule has 216 valence electrons. The molecule has 2 heterocycles. The summed E-state index contributed by atoms with van der Waals surface area (Å²) in [5, 5.41) is 8.15. The number of anilines is 1. The Labute approximate surface area is 228 Å². The number of fused-ring (bicyclic) bond motifs is 2. The van der Waals surface area contributed by atoms with Gasteiger partial charge in [0.1, 0.15) is 0 Å². The molecule has 0 unspecified atom stereocenters. The maximum absolute atomic E-state index is 13.8. The van der Waals surface area contributed by atoms with Crippen LogP contribution in [0.2, 0.25) is 0 Å². The second-order valence-electron chi connectivity index (χ2n) is 9.29. The van der Waals surface area contributed by atoms with E-state index in [0.717, 1.165) is 24.8 Å². The largest absolute Gasteiger partial charge is 0.493 e. The fraction of sp³-hybridized carbons (Fsp3) is 0.393. The third-order valence-corrected chi connectivity index (χ3v) is 6.89. The van der Waals surface area contributed by atoms with Crippen molar-refractivity contribution in [2.24, 2.45) is 0 Å². The van der Waals surface area contributed by atoms with E-state index in [1.807, 2.05) is 36.9 Å². The van der Waals surface area contributed by atoms with Crippen LogP contribution in [-0.4, -0.2) is 53.4 Å². The van der Waals surface area contributed by atoms with Crippen molar-refractivity contribution in [3.05, 3.63) is 63.6 Å². The molecule has 0 fully saturated rings. The van der Waals surface area contributed by atoms with E-state index in [9.17, 15) is 22.8 Å². The highest BCUT2D eigenvalue weighted by molar-refractivity contribution is 6.07. The van der Waals surface area contributed by atoms with E-state index in [4.69, 9.17) is 25.1 Å². The first-order valence-electron chi connectivity index (χ1n) is 12.6. The Morgan fingerprint density at radius 2 is 1.60 bits per heavy atom. The van der Waals surface area contributed by atoms with Gasteiger partial charge in [0.25, 0.3) is 11.5 Å². The third-order valence-electron chi connectivity index (χ3n) is 6.89. The number of halogens is 3. The first kappa shape index (κ1) is 30.3. The van der Waals surface area contributed by atoms with Crippen molar-refractivity contribution in [2.45, 2.75) is 51.9 Å². The summed E-state index contributed by atoms with van der Waals surface area (Å²) in [6.45, 7) is 5.19. The van der Waals surface area contributed by atoms with Gasteiger partial charge in [0, 0.05) is 36.4 Å². The van der Waals surface area contributed by atoms with E-state index in [-0.39, 0.29) is 17.5 Å². The van der Waals surface area contributed by atoms with Gasteiger partial charge in [0.2, 0.25) is 0 Å². The average molecular weight is 564 g/mol. The van der Waals surface area contributed by atoms with E-state index in [0.29, 0.717) is 46.6 Å². The van der Waals surface area contributed by atoms with Gasteiger partial charge < -0.3 is 29.8 Å². The summed E-state index contributed by atoms with van der Waals surface area (Å²) in [5.74, 6) is -1.92. The van der Waals surface area contributed by atoms with E-state index >= 15 is 0 Å². The van der Waals surface area contributed by atoms with Gasteiger partial charge in [0.05, 0.1) is 25.2 Å². The van der Waals surface area contributed by atoms with Crippen LogP contribution < -0.4 is 20.8 Å². The van der Waals surface area contributed by atoms with E-state index in [1.54, 1.807) is 30.0 Å². The Morgan fingerprint density at radius 3 is 2.12 bits per heavy atom. The maximum atomic E-state index is 13.8. The van der Waals surface area contributed by atoms with Gasteiger partial charge in [-0.1, -0.05) is 19.9 Å². The highest BCUT2D eigenvalue weighted by Crippen LogP contribution is 2.34. The topological polar surface area (TPSA) is 124 Å². The molecule has 4 rings (SSSR count). The van der Waals surface area contributed by atoms with Crippen molar-refractivity contribution in [1.29, 1.82) is 0 Å². The number of nitrogen functional groups attached to an aromatic ring is 1. The number of rotatable bonds is 6. The standard InChI is InChI=1S/C26H31N3O4.C2HF3O2/c1-5-19(6-2)29-15-22(20-12-23(32-3)24(33-4)13-21(20)26(29)31)25(30)28-10-9-16-7-8-18(27)11-17(16)14-28;3-2(4,5)1(6)7/h7-8,11-13,15,19H,5-6,9-10,14,27H2,1-4H3;(H,6,7). The van der Waals surface area contributed by atoms with Crippen LogP contribution in [0.4, 0.5) is 18.9 Å². The summed E-state index contributed by atoms with van der Waals surface area (Å²) < 4.78 is 44.4. The number of nitrogens with zero attached hydrogens (tertiary/aromatic N) is 2. The number of benzene rings is 2. The number of alkyl halides is 3. The SMILES string of the molecule is CCC(CC)n1cc(C(=O)N2CCc3ccc(N)cc3C2)c2cc(OC)c(OC)cc2c1=O.O=C(O)C(F)(F)F. The van der Waals surface area contributed by atoms with Crippen molar-refractivity contribution >= 4 is 28.3 Å². The van der Waals surface area contributed by atoms with Crippen LogP contribution in [0.5, 0.6) is 11.5 Å². The highest BCUT2D eigenvalue weighted by Gasteiger charge is 2.38. The van der Waals surface area contributed by atoms with Crippen molar-refractivity contribution in [1.82, 2.24) is 9.47 Å². The molecule has 3 aromatic rings. The molecule has 0 spiro atoms. The zero-order chi connectivity index (χ0) is 29.8. The predicted molar refractivity (Wildman–Crippen MR) is 144 cm³/mol. The number of carbonyl (C=O) groups excluding carboxylic acids is 1. The minimum atomic E-state index is -5.08. The first-order valence-corrected chi connectivity index (χ1v) is 12.6. The second-order valence-corrected chi connectivity index (χ2v) is 9.29. The number of carboxylic acid groups (broad SMARTS) is 1. The number of amides is 1. The minimum absolute atomic E-state index is 0.00317. The second kappa shape index (κ2) is 12.3. The van der Waals surface area contributed by atoms with Crippen molar-refractivity contribution < 1.29 is 37.3 Å². The molecule has 0 aliphatic carbocycles. The Morgan fingerprint density at radius 1 is 1.02 bits per heavy atom. The normalized spacial score (nSPS) is 12.9. The van der Waals surface area contributed by atoms with Crippen molar-refractivity contribution in [3.63, 3.8) is 0 Å². The number of nitrogens with two attached hydrogens (primary N) is 1. The fourth-order valence-electron chi connectivity index (χ4n) is 4.73. The highest BCUT2D eigenvalue weighted by atomic mass is 19.4. The van der Waals surface area contributed by atoms with Crippen molar-refractivity contribution in [2.75, 3.05) is 26.5 Å². The van der Waals surface area contributed by atoms with Gasteiger partial charge in [-0.2, -0.15) is 13.2 Å². The molecular formula is C28H32F3N3O6. The summed E-state index contributed by atoms with van der Waals surface area (Å²) in [6.07, 6.45) is -1.01. The number of aromatic nitrogens is 1. The van der Waals surface area contributed by atoms with Gasteiger partial charge in [-0.3, -0.25) is 9.59 Å². The Bertz CT molecular complexity index is 1460. The lowest BCUT2D eigenvalue weighted by molar-refractivity contribution is -0.192. The summed E-state index contributed by atoms with van der Waals surface area (Å²) >= 11 is 0. The molecule has 1 aliphatic heterocycles. The van der Waals surface area contributed by atoms with Crippen LogP contribution in [0, 0.1) is 0 Å². The molecule has 0 bridgehead atoms. The van der Waals surface area contributed by atoms with E-state index < -0.39 is 12.1 Å². The molecule has 3 N–H and O–H groups in total. The fourth-order valence-corrected chi connectivity index (χ4v) is 4.73. The molecule has 0 radical (unpaired) electrons. The number of pyridine rings is 1. The molecule has 0 saturated carbocycles. The van der Waals surface area contributed by atoms with Crippen LogP contribution in [-0.2, 0) is 17.8 Å². The lowest BCUT2D eigenvalue weighted by atomic mass is 9.97. The molecule has 1 aliphatic rings. The van der Waals surface area contributed by atoms with Gasteiger partial charge in [-0.25, -0.2) is 4.79 Å². The Hall–Kier alpha value is -4.22. The molecular weight excluding hydrogens is 531 g/mol. The summed E-state index contributed by atoms with van der Waals surface area (Å²) in [7, 11) is 3.08. The molecule has 0 saturated heterocycles. The van der Waals surface area contributed by atoms with Gasteiger partial charge in [-0.15, -0.1) is 0 Å². The van der Waals surface area contributed by atoms with Crippen LogP contribution in [0.3, 0.4) is 0 Å². The number of hydrogen-bond donors (Lipinski definition) is 2. The summed E-state index contributed by atoms with van der Waals surface area (Å²) in [5.41, 5.74) is 9.30. The lowest BCUT2D eigenvalue weighted by Gasteiger charge is -2.30. The van der Waals surface area contributed by atoms with Crippen LogP contribution >= 0.6 is 0 Å². The van der Waals surface area contributed by atoms with Crippen LogP contribution in [0.25, 0.3) is 10.8 Å². The first-order chi connectivity index (χ1) is 18.9. The maximum Gasteiger partial charge on any atom is 0.490 e. The van der Waals surface area contributed by atoms with Gasteiger partial charge in [-0.05, 0) is 54.7 Å². The third kappa shape index (κ3) is 6.32. The molecule has 1 amide bonds. The quantitative estimate of drug-likeness (QED) is 0.413. The number of aliphatic carboxylic acids is 1. The summed E-state index contributed by atoms with van der Waals surface area (Å²) in [4.78, 5) is 38.0. The number of methoxy groups -OCH3 is 2. The Balaban J connectivity index is 0.000000559. The molecule has 2 aromatic carbocycles. The molecule has 12 heteroatoms. The summed E-state index contributed by atoms with van der Waals surface area (Å²) in [6, 6.07) is 9.28. The molecule has 40 heavy (non-hydrogen) atoms. The van der Waals surface area contributed by atoms with E-state index in [2.05, 4.69) is 0 Å². The number of carboxylic acids is 1. The average Bonchev–Trinajstić information content (AvgIpc) is 2.93. The monoisotopic (exact) mass is 563 g/mol.